The highest BCUT2D eigenvalue weighted by Crippen LogP contribution is 2.49. The quantitative estimate of drug-likeness (QED) is 0.477. The third kappa shape index (κ3) is 3.85. The number of ketones is 5. The normalized spacial score (nSPS) is 22.8. The van der Waals surface area contributed by atoms with Crippen molar-refractivity contribution in [2.45, 2.75) is 66.4 Å². The van der Waals surface area contributed by atoms with Gasteiger partial charge in [-0.3, -0.25) is 24.0 Å². The lowest BCUT2D eigenvalue weighted by molar-refractivity contribution is -0.157. The van der Waals surface area contributed by atoms with E-state index >= 15 is 0 Å². The molecule has 0 radical (unpaired) electrons. The summed E-state index contributed by atoms with van der Waals surface area (Å²) < 4.78 is 5.88. The second-order valence-corrected chi connectivity index (χ2v) is 9.87. The summed E-state index contributed by atoms with van der Waals surface area (Å²) in [7, 11) is 0. The van der Waals surface area contributed by atoms with Crippen molar-refractivity contribution in [3.05, 3.63) is 22.8 Å². The molecule has 2 N–H and O–H groups in total. The number of rotatable bonds is 6. The van der Waals surface area contributed by atoms with Crippen LogP contribution in [-0.2, 0) is 25.6 Å². The van der Waals surface area contributed by atoms with Crippen LogP contribution in [0.3, 0.4) is 0 Å². The van der Waals surface area contributed by atoms with Gasteiger partial charge in [-0.25, -0.2) is 0 Å². The molecule has 1 aliphatic carbocycles. The smallest absolute Gasteiger partial charge is 0.170 e. The first kappa shape index (κ1) is 25.3. The van der Waals surface area contributed by atoms with Crippen LogP contribution in [0.1, 0.15) is 75.9 Å². The number of phenolic OH excluding ortho intramolecular Hbond substituents is 2. The Morgan fingerprint density at radius 2 is 1.59 bits per heavy atom. The first-order chi connectivity index (χ1) is 15.7. The van der Waals surface area contributed by atoms with E-state index in [1.807, 2.05) is 0 Å². The SMILES string of the molecule is CCC(=O)c1c(O)c(CC2C(=O)C(C(=O)CC)C(=O)C(C)(C)C2=O)c(O)c2c1OC(C)(C)C=C2. The maximum absolute atomic E-state index is 13.2. The lowest BCUT2D eigenvalue weighted by Gasteiger charge is -2.36. The Hall–Kier alpha value is -3.29. The molecule has 8 nitrogen and oxygen atoms in total. The molecule has 0 bridgehead atoms. The largest absolute Gasteiger partial charge is 0.507 e. The van der Waals surface area contributed by atoms with Crippen molar-refractivity contribution in [2.24, 2.45) is 17.3 Å². The molecule has 0 amide bonds. The van der Waals surface area contributed by atoms with E-state index in [-0.39, 0.29) is 35.3 Å². The number of carbonyl (C=O) groups is 5. The average Bonchev–Trinajstić information content (AvgIpc) is 2.76. The lowest BCUT2D eigenvalue weighted by atomic mass is 9.62. The average molecular weight is 471 g/mol. The Labute approximate surface area is 198 Å². The van der Waals surface area contributed by atoms with Crippen molar-refractivity contribution >= 4 is 35.0 Å². The first-order valence-electron chi connectivity index (χ1n) is 11.4. The molecule has 3 rings (SSSR count). The van der Waals surface area contributed by atoms with Crippen molar-refractivity contribution in [1.82, 2.24) is 0 Å². The summed E-state index contributed by atoms with van der Waals surface area (Å²) in [5.41, 5.74) is -2.57. The van der Waals surface area contributed by atoms with Crippen molar-refractivity contribution < 1.29 is 38.9 Å². The van der Waals surface area contributed by atoms with Gasteiger partial charge in [0.15, 0.2) is 28.9 Å². The summed E-state index contributed by atoms with van der Waals surface area (Å²) in [5.74, 6) is -7.34. The molecule has 2 aliphatic rings. The molecule has 8 heteroatoms. The van der Waals surface area contributed by atoms with Crippen molar-refractivity contribution in [3.8, 4) is 17.2 Å². The monoisotopic (exact) mass is 470 g/mol. The van der Waals surface area contributed by atoms with Crippen LogP contribution < -0.4 is 4.74 Å². The zero-order valence-electron chi connectivity index (χ0n) is 20.3. The zero-order chi connectivity index (χ0) is 25.7. The number of benzene rings is 1. The van der Waals surface area contributed by atoms with Crippen molar-refractivity contribution in [2.75, 3.05) is 0 Å². The standard InChI is InChI=1S/C26H30O8/c1-7-15(27)17-20(30)13(19(29)12-9-10-25(3,4)34-22(12)17)11-14-21(31)18(16(28)8-2)24(33)26(5,6)23(14)32/h9-10,14,18,29-30H,7-8,11H2,1-6H3. The predicted octanol–water partition coefficient (Wildman–Crippen LogP) is 3.38. The topological polar surface area (TPSA) is 135 Å². The van der Waals surface area contributed by atoms with Gasteiger partial charge in [-0.2, -0.15) is 0 Å². The van der Waals surface area contributed by atoms with E-state index in [9.17, 15) is 34.2 Å². The fraction of sp³-hybridized carbons (Fsp3) is 0.500. The highest BCUT2D eigenvalue weighted by atomic mass is 16.5. The molecular weight excluding hydrogens is 440 g/mol. The number of hydrogen-bond donors (Lipinski definition) is 2. The molecule has 2 unspecified atom stereocenters. The molecule has 1 aliphatic heterocycles. The fourth-order valence-corrected chi connectivity index (χ4v) is 4.53. The summed E-state index contributed by atoms with van der Waals surface area (Å²) in [6.07, 6.45) is 2.75. The van der Waals surface area contributed by atoms with Gasteiger partial charge in [-0.1, -0.05) is 13.8 Å². The molecule has 182 valence electrons. The molecule has 1 fully saturated rings. The molecule has 1 heterocycles. The van der Waals surface area contributed by atoms with Crippen LogP contribution in [0.5, 0.6) is 17.2 Å². The van der Waals surface area contributed by atoms with E-state index in [1.165, 1.54) is 20.8 Å². The van der Waals surface area contributed by atoms with E-state index in [0.717, 1.165) is 0 Å². The van der Waals surface area contributed by atoms with Gasteiger partial charge in [-0.05, 0) is 46.3 Å². The number of ether oxygens (including phenoxy) is 1. The summed E-state index contributed by atoms with van der Waals surface area (Å²) in [6, 6.07) is 0. The Morgan fingerprint density at radius 1 is 0.971 bits per heavy atom. The summed E-state index contributed by atoms with van der Waals surface area (Å²) in [5, 5.41) is 22.1. The third-order valence-electron chi connectivity index (χ3n) is 6.67. The fourth-order valence-electron chi connectivity index (χ4n) is 4.53. The van der Waals surface area contributed by atoms with E-state index in [2.05, 4.69) is 0 Å². The predicted molar refractivity (Wildman–Crippen MR) is 123 cm³/mol. The molecule has 0 aromatic heterocycles. The minimum atomic E-state index is -1.59. The number of aromatic hydroxyl groups is 2. The summed E-state index contributed by atoms with van der Waals surface area (Å²) in [4.78, 5) is 64.3. The van der Waals surface area contributed by atoms with Crippen LogP contribution in [0.4, 0.5) is 0 Å². The van der Waals surface area contributed by atoms with Crippen LogP contribution in [0.2, 0.25) is 0 Å². The van der Waals surface area contributed by atoms with Gasteiger partial charge in [0, 0.05) is 18.4 Å². The van der Waals surface area contributed by atoms with E-state index in [1.54, 1.807) is 32.9 Å². The van der Waals surface area contributed by atoms with Gasteiger partial charge in [0.1, 0.15) is 34.3 Å². The van der Waals surface area contributed by atoms with E-state index in [4.69, 9.17) is 4.74 Å². The van der Waals surface area contributed by atoms with E-state index in [0.29, 0.717) is 0 Å². The highest BCUT2D eigenvalue weighted by molar-refractivity contribution is 6.33. The highest BCUT2D eigenvalue weighted by Gasteiger charge is 2.55. The molecular formula is C26H30O8. The lowest BCUT2D eigenvalue weighted by Crippen LogP contribution is -2.55. The van der Waals surface area contributed by atoms with Gasteiger partial charge in [0.25, 0.3) is 0 Å². The molecule has 1 saturated carbocycles. The van der Waals surface area contributed by atoms with E-state index < -0.39 is 69.7 Å². The molecule has 1 aromatic rings. The van der Waals surface area contributed by atoms with Crippen LogP contribution in [0.25, 0.3) is 6.08 Å². The van der Waals surface area contributed by atoms with Crippen LogP contribution in [0, 0.1) is 17.3 Å². The van der Waals surface area contributed by atoms with Crippen LogP contribution in [-0.4, -0.2) is 44.7 Å². The van der Waals surface area contributed by atoms with Crippen LogP contribution in [0.15, 0.2) is 6.08 Å². The minimum absolute atomic E-state index is 0.0222. The molecule has 2 atom stereocenters. The van der Waals surface area contributed by atoms with Gasteiger partial charge in [-0.15, -0.1) is 0 Å². The van der Waals surface area contributed by atoms with Gasteiger partial charge in [0.2, 0.25) is 0 Å². The Bertz CT molecular complexity index is 1150. The molecule has 0 spiro atoms. The number of fused-ring (bicyclic) bond motifs is 1. The zero-order valence-corrected chi connectivity index (χ0v) is 20.3. The van der Waals surface area contributed by atoms with Crippen LogP contribution >= 0.6 is 0 Å². The first-order valence-corrected chi connectivity index (χ1v) is 11.4. The number of carbonyl (C=O) groups excluding carboxylic acids is 5. The summed E-state index contributed by atoms with van der Waals surface area (Å²) in [6.45, 7) is 9.36. The van der Waals surface area contributed by atoms with Crippen molar-refractivity contribution in [3.63, 3.8) is 0 Å². The number of phenols is 2. The molecule has 1 aromatic carbocycles. The summed E-state index contributed by atoms with van der Waals surface area (Å²) >= 11 is 0. The Morgan fingerprint density at radius 3 is 2.15 bits per heavy atom. The van der Waals surface area contributed by atoms with Gasteiger partial charge in [0.05, 0.1) is 16.9 Å². The second kappa shape index (κ2) is 8.49. The Kier molecular flexibility index (Phi) is 6.33. The minimum Gasteiger partial charge on any atom is -0.507 e. The Balaban J connectivity index is 2.20. The van der Waals surface area contributed by atoms with Gasteiger partial charge >= 0.3 is 0 Å². The third-order valence-corrected chi connectivity index (χ3v) is 6.67. The maximum Gasteiger partial charge on any atom is 0.170 e. The van der Waals surface area contributed by atoms with Crippen molar-refractivity contribution in [1.29, 1.82) is 0 Å². The number of Topliss-reactive ketones (excluding diaryl/α,β-unsaturated/α-hetero) is 5. The number of hydrogen-bond acceptors (Lipinski definition) is 8. The molecule has 34 heavy (non-hydrogen) atoms. The van der Waals surface area contributed by atoms with Gasteiger partial charge < -0.3 is 14.9 Å². The maximum atomic E-state index is 13.2. The second-order valence-electron chi connectivity index (χ2n) is 9.87. The molecule has 0 saturated heterocycles.